The maximum absolute atomic E-state index is 13.0. The molecule has 0 aliphatic carbocycles. The molecule has 7 nitrogen and oxygen atoms in total. The Bertz CT molecular complexity index is 1170. The summed E-state index contributed by atoms with van der Waals surface area (Å²) in [6.45, 7) is 0.333. The smallest absolute Gasteiger partial charge is 0.338 e. The zero-order valence-electron chi connectivity index (χ0n) is 16.1. The number of sulfonamides is 1. The van der Waals surface area contributed by atoms with E-state index < -0.39 is 22.6 Å². The number of ketones is 1. The van der Waals surface area contributed by atoms with E-state index >= 15 is 0 Å². The summed E-state index contributed by atoms with van der Waals surface area (Å²) < 4.78 is 32.4. The fourth-order valence-corrected chi connectivity index (χ4v) is 4.80. The molecule has 4 rings (SSSR count). The summed E-state index contributed by atoms with van der Waals surface area (Å²) in [5.41, 5.74) is 2.69. The van der Waals surface area contributed by atoms with Crippen LogP contribution < -0.4 is 0 Å². The molecule has 154 valence electrons. The SMILES string of the molecule is O=C(OCC(=O)c1ccc[nH]1)c1ccc(S(=O)(=O)N2CCc3ccccc3C2)cc1. The van der Waals surface area contributed by atoms with E-state index in [2.05, 4.69) is 4.98 Å². The average Bonchev–Trinajstić information content (AvgIpc) is 3.32. The van der Waals surface area contributed by atoms with Crippen LogP contribution in [0.4, 0.5) is 0 Å². The molecule has 3 aromatic rings. The van der Waals surface area contributed by atoms with E-state index in [0.717, 1.165) is 11.1 Å². The Hall–Kier alpha value is -3.23. The van der Waals surface area contributed by atoms with Gasteiger partial charge in [-0.1, -0.05) is 24.3 Å². The molecule has 0 fully saturated rings. The first-order valence-corrected chi connectivity index (χ1v) is 10.9. The number of aromatic nitrogens is 1. The Morgan fingerprint density at radius 1 is 0.967 bits per heavy atom. The number of nitrogens with zero attached hydrogens (tertiary/aromatic N) is 1. The van der Waals surface area contributed by atoms with Gasteiger partial charge in [-0.05, 0) is 53.9 Å². The molecule has 8 heteroatoms. The summed E-state index contributed by atoms with van der Waals surface area (Å²) in [4.78, 5) is 26.9. The third kappa shape index (κ3) is 4.05. The number of carbonyl (C=O) groups is 2. The van der Waals surface area contributed by atoms with Gasteiger partial charge in [-0.25, -0.2) is 13.2 Å². The van der Waals surface area contributed by atoms with Crippen LogP contribution in [0, 0.1) is 0 Å². The molecule has 30 heavy (non-hydrogen) atoms. The summed E-state index contributed by atoms with van der Waals surface area (Å²) in [5.74, 6) is -1.04. The van der Waals surface area contributed by atoms with E-state index in [4.69, 9.17) is 4.74 Å². The lowest BCUT2D eigenvalue weighted by atomic mass is 10.0. The number of hydrogen-bond acceptors (Lipinski definition) is 5. The highest BCUT2D eigenvalue weighted by Crippen LogP contribution is 2.25. The van der Waals surface area contributed by atoms with E-state index in [0.29, 0.717) is 25.2 Å². The molecular formula is C22H20N2O5S. The highest BCUT2D eigenvalue weighted by molar-refractivity contribution is 7.89. The first-order valence-electron chi connectivity index (χ1n) is 9.46. The molecule has 2 heterocycles. The second-order valence-electron chi connectivity index (χ2n) is 6.96. The molecule has 0 atom stereocenters. The van der Waals surface area contributed by atoms with Crippen LogP contribution in [0.1, 0.15) is 32.0 Å². The molecule has 0 saturated heterocycles. The van der Waals surface area contributed by atoms with Gasteiger partial charge >= 0.3 is 5.97 Å². The molecule has 1 aromatic heterocycles. The molecule has 0 saturated carbocycles. The number of rotatable bonds is 6. The van der Waals surface area contributed by atoms with Crippen molar-refractivity contribution >= 4 is 21.8 Å². The zero-order chi connectivity index (χ0) is 21.1. The molecule has 0 unspecified atom stereocenters. The second-order valence-corrected chi connectivity index (χ2v) is 8.90. The van der Waals surface area contributed by atoms with E-state index in [1.165, 1.54) is 28.6 Å². The number of aromatic amines is 1. The van der Waals surface area contributed by atoms with Gasteiger partial charge in [-0.15, -0.1) is 0 Å². The van der Waals surface area contributed by atoms with Crippen molar-refractivity contribution in [2.45, 2.75) is 17.9 Å². The monoisotopic (exact) mass is 424 g/mol. The first-order chi connectivity index (χ1) is 14.4. The van der Waals surface area contributed by atoms with Crippen LogP contribution in [0.25, 0.3) is 0 Å². The van der Waals surface area contributed by atoms with Gasteiger partial charge in [0.05, 0.1) is 16.2 Å². The number of ether oxygens (including phenoxy) is 1. The molecule has 1 aliphatic rings. The van der Waals surface area contributed by atoms with Crippen molar-refractivity contribution in [1.82, 2.24) is 9.29 Å². The number of hydrogen-bond donors (Lipinski definition) is 1. The molecule has 0 spiro atoms. The molecule has 0 radical (unpaired) electrons. The third-order valence-electron chi connectivity index (χ3n) is 5.06. The normalized spacial score (nSPS) is 14.1. The van der Waals surface area contributed by atoms with E-state index in [1.54, 1.807) is 18.3 Å². The average molecular weight is 424 g/mol. The Labute approximate surface area is 174 Å². The Morgan fingerprint density at radius 2 is 1.70 bits per heavy atom. The molecule has 1 N–H and O–H groups in total. The molecule has 0 bridgehead atoms. The lowest BCUT2D eigenvalue weighted by Gasteiger charge is -2.28. The van der Waals surface area contributed by atoms with E-state index in [-0.39, 0.29) is 16.2 Å². The van der Waals surface area contributed by atoms with Crippen LogP contribution in [0.5, 0.6) is 0 Å². The van der Waals surface area contributed by atoms with E-state index in [1.807, 2.05) is 24.3 Å². The topological polar surface area (TPSA) is 96.5 Å². The molecule has 1 aliphatic heterocycles. The lowest BCUT2D eigenvalue weighted by molar-refractivity contribution is 0.0473. The maximum atomic E-state index is 13.0. The lowest BCUT2D eigenvalue weighted by Crippen LogP contribution is -2.35. The Morgan fingerprint density at radius 3 is 2.40 bits per heavy atom. The van der Waals surface area contributed by atoms with Gasteiger partial charge in [-0.2, -0.15) is 4.31 Å². The largest absolute Gasteiger partial charge is 0.454 e. The summed E-state index contributed by atoms with van der Waals surface area (Å²) in [6, 6.07) is 16.6. The number of benzene rings is 2. The van der Waals surface area contributed by atoms with Crippen molar-refractivity contribution in [1.29, 1.82) is 0 Å². The van der Waals surface area contributed by atoms with Crippen LogP contribution in [0.3, 0.4) is 0 Å². The standard InChI is InChI=1S/C22H20N2O5S/c25-21(20-6-3-12-23-20)15-29-22(26)17-7-9-19(10-8-17)30(27,28)24-13-11-16-4-1-2-5-18(16)14-24/h1-10,12,23H,11,13-15H2. The second kappa shape index (κ2) is 8.25. The summed E-state index contributed by atoms with van der Waals surface area (Å²) in [6.07, 6.45) is 2.27. The highest BCUT2D eigenvalue weighted by atomic mass is 32.2. The quantitative estimate of drug-likeness (QED) is 0.485. The molecule has 0 amide bonds. The fraction of sp³-hybridized carbons (Fsp3) is 0.182. The van der Waals surface area contributed by atoms with Crippen molar-refractivity contribution in [2.75, 3.05) is 13.2 Å². The van der Waals surface area contributed by atoms with Crippen LogP contribution in [0.15, 0.2) is 71.8 Å². The number of H-pyrrole nitrogens is 1. The molecule has 2 aromatic carbocycles. The van der Waals surface area contributed by atoms with Gasteiger partial charge < -0.3 is 9.72 Å². The van der Waals surface area contributed by atoms with Crippen molar-refractivity contribution in [3.8, 4) is 0 Å². The number of esters is 1. The van der Waals surface area contributed by atoms with Crippen molar-refractivity contribution in [3.63, 3.8) is 0 Å². The predicted octanol–water partition coefficient (Wildman–Crippen LogP) is 2.80. The maximum Gasteiger partial charge on any atom is 0.338 e. The Kier molecular flexibility index (Phi) is 5.52. The minimum Gasteiger partial charge on any atom is -0.454 e. The zero-order valence-corrected chi connectivity index (χ0v) is 16.9. The van der Waals surface area contributed by atoms with Crippen LogP contribution >= 0.6 is 0 Å². The van der Waals surface area contributed by atoms with Gasteiger partial charge in [0.25, 0.3) is 0 Å². The van der Waals surface area contributed by atoms with Gasteiger partial charge in [0.2, 0.25) is 15.8 Å². The number of nitrogens with one attached hydrogen (secondary N) is 1. The molecular weight excluding hydrogens is 404 g/mol. The van der Waals surface area contributed by atoms with Crippen LogP contribution in [-0.4, -0.2) is 42.6 Å². The minimum atomic E-state index is -3.68. The third-order valence-corrected chi connectivity index (χ3v) is 6.92. The van der Waals surface area contributed by atoms with Crippen molar-refractivity contribution in [3.05, 3.63) is 89.2 Å². The van der Waals surface area contributed by atoms with Gasteiger partial charge in [0.15, 0.2) is 6.61 Å². The summed E-state index contributed by atoms with van der Waals surface area (Å²) >= 11 is 0. The van der Waals surface area contributed by atoms with Crippen molar-refractivity contribution in [2.24, 2.45) is 0 Å². The highest BCUT2D eigenvalue weighted by Gasteiger charge is 2.28. The predicted molar refractivity (Wildman–Crippen MR) is 110 cm³/mol. The number of Topliss-reactive ketones (excluding diaryl/α,β-unsaturated/α-hetero) is 1. The van der Waals surface area contributed by atoms with Crippen LogP contribution in [0.2, 0.25) is 0 Å². The summed E-state index contributed by atoms with van der Waals surface area (Å²) in [5, 5.41) is 0. The Balaban J connectivity index is 1.42. The van der Waals surface area contributed by atoms with Crippen LogP contribution in [-0.2, 0) is 27.7 Å². The fourth-order valence-electron chi connectivity index (χ4n) is 3.38. The van der Waals surface area contributed by atoms with Crippen molar-refractivity contribution < 1.29 is 22.7 Å². The van der Waals surface area contributed by atoms with Gasteiger partial charge in [0.1, 0.15) is 0 Å². The number of fused-ring (bicyclic) bond motifs is 1. The van der Waals surface area contributed by atoms with Gasteiger partial charge in [-0.3, -0.25) is 4.79 Å². The first kappa shape index (κ1) is 20.1. The number of carbonyl (C=O) groups excluding carboxylic acids is 2. The summed E-state index contributed by atoms with van der Waals surface area (Å²) in [7, 11) is -3.68. The van der Waals surface area contributed by atoms with Gasteiger partial charge in [0, 0.05) is 19.3 Å². The van der Waals surface area contributed by atoms with E-state index in [9.17, 15) is 18.0 Å². The minimum absolute atomic E-state index is 0.112.